The van der Waals surface area contributed by atoms with Gasteiger partial charge in [0.1, 0.15) is 23.5 Å². The van der Waals surface area contributed by atoms with Gasteiger partial charge in [0.05, 0.1) is 29.5 Å². The predicted octanol–water partition coefficient (Wildman–Crippen LogP) is 6.81. The fourth-order valence-electron chi connectivity index (χ4n) is 4.72. The summed E-state index contributed by atoms with van der Waals surface area (Å²) in [5.41, 5.74) is -2.86. The van der Waals surface area contributed by atoms with E-state index in [9.17, 15) is 22.8 Å². The molecule has 1 heterocycles. The number of anilines is 2. The molecule has 0 spiro atoms. The highest BCUT2D eigenvalue weighted by Gasteiger charge is 2.50. The highest BCUT2D eigenvalue weighted by atomic mass is 32.1. The minimum absolute atomic E-state index is 0.0250. The number of esters is 1. The molecule has 1 saturated heterocycles. The number of unbranched alkanes of at least 4 members (excludes halogenated alkanes) is 2. The third-order valence-electron chi connectivity index (χ3n) is 6.87. The van der Waals surface area contributed by atoms with Crippen molar-refractivity contribution in [3.63, 3.8) is 0 Å². The van der Waals surface area contributed by atoms with Gasteiger partial charge in [-0.3, -0.25) is 9.69 Å². The van der Waals surface area contributed by atoms with Crippen LogP contribution < -0.4 is 14.5 Å². The van der Waals surface area contributed by atoms with Crippen molar-refractivity contribution in [2.24, 2.45) is 0 Å². The maximum Gasteiger partial charge on any atom is 0.417 e. The number of halogens is 3. The zero-order valence-electron chi connectivity index (χ0n) is 26.7. The Bertz CT molecular complexity index is 1420. The summed E-state index contributed by atoms with van der Waals surface area (Å²) in [6.45, 7) is 10.7. The van der Waals surface area contributed by atoms with E-state index < -0.39 is 34.4 Å². The van der Waals surface area contributed by atoms with Gasteiger partial charge in [0, 0.05) is 25.5 Å². The largest absolute Gasteiger partial charge is 0.494 e. The molecule has 1 aliphatic heterocycles. The van der Waals surface area contributed by atoms with Crippen molar-refractivity contribution < 1.29 is 41.7 Å². The topological polar surface area (TPSA) is 101 Å². The van der Waals surface area contributed by atoms with Crippen molar-refractivity contribution in [3.05, 3.63) is 53.6 Å². The number of hydrogen-bond acceptors (Lipinski definition) is 8. The lowest BCUT2D eigenvalue weighted by Crippen LogP contribution is -2.44. The zero-order valence-corrected chi connectivity index (χ0v) is 27.6. The van der Waals surface area contributed by atoms with E-state index in [2.05, 4.69) is 0 Å². The normalized spacial score (nSPS) is 14.8. The van der Waals surface area contributed by atoms with Gasteiger partial charge in [0.15, 0.2) is 5.11 Å². The fraction of sp³-hybridized carbons (Fsp3) is 0.515. The molecule has 0 unspecified atom stereocenters. The van der Waals surface area contributed by atoms with Crippen LogP contribution in [-0.2, 0) is 30.0 Å². The summed E-state index contributed by atoms with van der Waals surface area (Å²) in [5, 5.41) is 9.15. The van der Waals surface area contributed by atoms with Gasteiger partial charge in [0.2, 0.25) is 0 Å². The Labute approximate surface area is 273 Å². The molecule has 0 atom stereocenters. The van der Waals surface area contributed by atoms with Crippen LogP contribution in [-0.4, -0.2) is 61.2 Å². The number of benzene rings is 2. The molecule has 3 rings (SSSR count). The van der Waals surface area contributed by atoms with Gasteiger partial charge in [-0.15, -0.1) is 0 Å². The van der Waals surface area contributed by atoms with Crippen molar-refractivity contribution in [3.8, 4) is 11.8 Å². The molecule has 1 amide bonds. The maximum absolute atomic E-state index is 13.6. The van der Waals surface area contributed by atoms with E-state index in [0.29, 0.717) is 44.3 Å². The second-order valence-electron chi connectivity index (χ2n) is 12.2. The summed E-state index contributed by atoms with van der Waals surface area (Å²) in [4.78, 5) is 27.6. The van der Waals surface area contributed by atoms with Gasteiger partial charge < -0.3 is 23.8 Å². The van der Waals surface area contributed by atoms with Crippen LogP contribution in [0.3, 0.4) is 0 Å². The van der Waals surface area contributed by atoms with Crippen LogP contribution in [0.2, 0.25) is 0 Å². The van der Waals surface area contributed by atoms with E-state index >= 15 is 0 Å². The molecule has 0 radical (unpaired) electrons. The number of alkyl halides is 3. The fourth-order valence-corrected chi connectivity index (χ4v) is 5.24. The average molecular weight is 664 g/mol. The van der Waals surface area contributed by atoms with Crippen molar-refractivity contribution >= 4 is 40.6 Å². The molecule has 46 heavy (non-hydrogen) atoms. The van der Waals surface area contributed by atoms with Crippen molar-refractivity contribution in [1.82, 2.24) is 0 Å². The Morgan fingerprint density at radius 2 is 1.52 bits per heavy atom. The molecule has 1 aliphatic rings. The number of nitriles is 1. The highest BCUT2D eigenvalue weighted by Crippen LogP contribution is 2.40. The van der Waals surface area contributed by atoms with E-state index in [4.69, 9.17) is 36.4 Å². The number of thiocarbonyl (C=S) groups is 1. The van der Waals surface area contributed by atoms with Crippen LogP contribution in [0.4, 0.5) is 24.5 Å². The SMILES string of the molecule is CC(C)(C)OC(=O)COCCCOCCCCCOc1ccc(N2C(=S)N(c3ccc(C#N)c(C(F)(F)F)c3)C(=O)C2(C)C)cc1. The smallest absolute Gasteiger partial charge is 0.417 e. The first-order valence-corrected chi connectivity index (χ1v) is 15.4. The molecule has 13 heteroatoms. The third kappa shape index (κ3) is 9.88. The Hall–Kier alpha value is -3.73. The molecule has 0 aromatic heterocycles. The number of amides is 1. The monoisotopic (exact) mass is 663 g/mol. The van der Waals surface area contributed by atoms with Crippen molar-refractivity contribution in [2.45, 2.75) is 77.6 Å². The molecule has 2 aromatic rings. The highest BCUT2D eigenvalue weighted by molar-refractivity contribution is 7.81. The lowest BCUT2D eigenvalue weighted by atomic mass is 10.0. The summed E-state index contributed by atoms with van der Waals surface area (Å²) in [5.74, 6) is -0.255. The first-order valence-electron chi connectivity index (χ1n) is 15.0. The third-order valence-corrected chi connectivity index (χ3v) is 7.23. The van der Waals surface area contributed by atoms with Gasteiger partial charge in [-0.25, -0.2) is 4.79 Å². The molecule has 9 nitrogen and oxygen atoms in total. The summed E-state index contributed by atoms with van der Waals surface area (Å²) >= 11 is 5.58. The molecule has 1 fully saturated rings. The van der Waals surface area contributed by atoms with E-state index in [1.165, 1.54) is 6.07 Å². The van der Waals surface area contributed by atoms with Gasteiger partial charge in [0.25, 0.3) is 5.91 Å². The lowest BCUT2D eigenvalue weighted by molar-refractivity contribution is -0.160. The molecule has 2 aromatic carbocycles. The van der Waals surface area contributed by atoms with Crippen LogP contribution in [0.1, 0.15) is 71.4 Å². The standard InChI is InChI=1S/C33H40F3N3O6S/c1-31(2,3)45-28(40)22-43-18-9-17-42-16-7-6-8-19-44-26-14-12-24(13-15-26)39-30(46)38(29(41)32(39,4)5)25-11-10-23(21-37)27(20-25)33(34,35)36/h10-15,20H,6-9,16-19,22H2,1-5H3. The first kappa shape index (κ1) is 36.7. The number of ether oxygens (including phenoxy) is 4. The van der Waals surface area contributed by atoms with E-state index in [1.807, 2.05) is 0 Å². The van der Waals surface area contributed by atoms with Crippen molar-refractivity contribution in [2.75, 3.05) is 42.8 Å². The molecular weight excluding hydrogens is 623 g/mol. The Balaban J connectivity index is 1.42. The average Bonchev–Trinajstić information content (AvgIpc) is 3.14. The number of carbonyl (C=O) groups is 2. The summed E-state index contributed by atoms with van der Waals surface area (Å²) in [7, 11) is 0. The molecule has 0 aliphatic carbocycles. The predicted molar refractivity (Wildman–Crippen MR) is 171 cm³/mol. The van der Waals surface area contributed by atoms with Gasteiger partial charge >= 0.3 is 12.1 Å². The Morgan fingerprint density at radius 3 is 2.15 bits per heavy atom. The van der Waals surface area contributed by atoms with Crippen LogP contribution in [0, 0.1) is 11.3 Å². The van der Waals surface area contributed by atoms with Gasteiger partial charge in [-0.2, -0.15) is 18.4 Å². The number of nitrogens with zero attached hydrogens (tertiary/aromatic N) is 3. The lowest BCUT2D eigenvalue weighted by Gasteiger charge is -2.29. The zero-order chi connectivity index (χ0) is 34.1. The molecular formula is C33H40F3N3O6S. The molecule has 0 bridgehead atoms. The van der Waals surface area contributed by atoms with E-state index in [0.717, 1.165) is 36.3 Å². The second kappa shape index (κ2) is 15.7. The van der Waals surface area contributed by atoms with Crippen LogP contribution >= 0.6 is 12.2 Å². The summed E-state index contributed by atoms with van der Waals surface area (Å²) in [6, 6.07) is 11.6. The Morgan fingerprint density at radius 1 is 0.913 bits per heavy atom. The Kier molecular flexibility index (Phi) is 12.5. The quantitative estimate of drug-likeness (QED) is 0.116. The molecule has 0 saturated carbocycles. The summed E-state index contributed by atoms with van der Waals surface area (Å²) < 4.78 is 62.7. The van der Waals surface area contributed by atoms with Crippen molar-refractivity contribution in [1.29, 1.82) is 5.26 Å². The summed E-state index contributed by atoms with van der Waals surface area (Å²) in [6.07, 6.45) is -1.49. The minimum Gasteiger partial charge on any atom is -0.494 e. The van der Waals surface area contributed by atoms with Gasteiger partial charge in [-0.1, -0.05) is 0 Å². The van der Waals surface area contributed by atoms with Gasteiger partial charge in [-0.05, 0) is 115 Å². The minimum atomic E-state index is -4.77. The number of carbonyl (C=O) groups excluding carboxylic acids is 2. The van der Waals surface area contributed by atoms with Crippen LogP contribution in [0.15, 0.2) is 42.5 Å². The first-order chi connectivity index (χ1) is 21.6. The van der Waals surface area contributed by atoms with Crippen LogP contribution in [0.25, 0.3) is 0 Å². The maximum atomic E-state index is 13.6. The molecule has 0 N–H and O–H groups in total. The van der Waals surface area contributed by atoms with E-state index in [-0.39, 0.29) is 23.4 Å². The van der Waals surface area contributed by atoms with E-state index in [1.54, 1.807) is 69.9 Å². The molecule has 250 valence electrons. The second-order valence-corrected chi connectivity index (χ2v) is 12.5. The van der Waals surface area contributed by atoms with Crippen LogP contribution in [0.5, 0.6) is 5.75 Å². The number of hydrogen-bond donors (Lipinski definition) is 0. The number of rotatable bonds is 15.